The van der Waals surface area contributed by atoms with Crippen molar-refractivity contribution >= 4 is 34.4 Å². The van der Waals surface area contributed by atoms with Gasteiger partial charge in [0, 0.05) is 17.3 Å². The van der Waals surface area contributed by atoms with Crippen molar-refractivity contribution in [3.8, 4) is 0 Å². The maximum absolute atomic E-state index is 12.3. The Hall–Kier alpha value is -1.08. The van der Waals surface area contributed by atoms with Gasteiger partial charge in [0.1, 0.15) is 0 Å². The molecule has 1 fully saturated rings. The van der Waals surface area contributed by atoms with Crippen molar-refractivity contribution in [1.82, 2.24) is 16.2 Å². The monoisotopic (exact) mass is 310 g/mol. The number of hydrogen-bond donors (Lipinski definition) is 3. The number of hydrazine groups is 1. The topological polar surface area (TPSA) is 65.5 Å². The maximum atomic E-state index is 12.3. The number of thioether (sulfide) groups is 1. The third-order valence-electron chi connectivity index (χ3n) is 3.36. The van der Waals surface area contributed by atoms with Crippen LogP contribution < -0.4 is 16.2 Å². The van der Waals surface area contributed by atoms with Crippen LogP contribution in [0.5, 0.6) is 0 Å². The highest BCUT2D eigenvalue weighted by atomic mass is 35.5. The molecule has 1 aromatic carbocycles. The predicted molar refractivity (Wildman–Crippen MR) is 81.7 cm³/mol. The summed E-state index contributed by atoms with van der Waals surface area (Å²) < 4.78 is 0. The zero-order valence-corrected chi connectivity index (χ0v) is 12.3. The van der Waals surface area contributed by atoms with E-state index in [0.29, 0.717) is 11.6 Å². The third kappa shape index (κ3) is 2.98. The molecule has 2 unspecified atom stereocenters. The average molecular weight is 311 g/mol. The molecule has 0 spiro atoms. The Morgan fingerprint density at radius 3 is 2.90 bits per heavy atom. The summed E-state index contributed by atoms with van der Waals surface area (Å²) in [6.45, 7) is 1.37. The highest BCUT2D eigenvalue weighted by Crippen LogP contribution is 2.26. The van der Waals surface area contributed by atoms with Crippen LogP contribution in [0.15, 0.2) is 29.3 Å². The second-order valence-corrected chi connectivity index (χ2v) is 6.21. The van der Waals surface area contributed by atoms with E-state index in [0.717, 1.165) is 23.0 Å². The number of carbonyl (C=O) groups is 1. The highest BCUT2D eigenvalue weighted by molar-refractivity contribution is 8.14. The fourth-order valence-corrected chi connectivity index (χ4v) is 3.19. The summed E-state index contributed by atoms with van der Waals surface area (Å²) in [6, 6.07) is 7.50. The van der Waals surface area contributed by atoms with Crippen LogP contribution in [-0.4, -0.2) is 29.9 Å². The van der Waals surface area contributed by atoms with E-state index in [1.165, 1.54) is 0 Å². The van der Waals surface area contributed by atoms with E-state index >= 15 is 0 Å². The van der Waals surface area contributed by atoms with Gasteiger partial charge in [-0.05, 0) is 17.7 Å². The molecule has 5 nitrogen and oxygen atoms in total. The van der Waals surface area contributed by atoms with E-state index in [1.807, 2.05) is 24.3 Å². The van der Waals surface area contributed by atoms with Gasteiger partial charge < -0.3 is 5.32 Å². The molecule has 2 heterocycles. The van der Waals surface area contributed by atoms with Gasteiger partial charge in [-0.1, -0.05) is 35.5 Å². The fraction of sp³-hybridized carbons (Fsp3) is 0.385. The van der Waals surface area contributed by atoms with Gasteiger partial charge in [0.2, 0.25) is 5.91 Å². The Morgan fingerprint density at radius 1 is 1.40 bits per heavy atom. The molecule has 1 amide bonds. The van der Waals surface area contributed by atoms with Crippen LogP contribution in [0.2, 0.25) is 5.02 Å². The molecule has 7 heteroatoms. The molecule has 2 atom stereocenters. The average Bonchev–Trinajstić information content (AvgIpc) is 3.10. The lowest BCUT2D eigenvalue weighted by Crippen LogP contribution is -2.37. The van der Waals surface area contributed by atoms with E-state index in [9.17, 15) is 4.79 Å². The fourth-order valence-electron chi connectivity index (χ4n) is 2.34. The summed E-state index contributed by atoms with van der Waals surface area (Å²) in [5.74, 6) is 0.771. The third-order valence-corrected chi connectivity index (χ3v) is 4.51. The first kappa shape index (κ1) is 13.9. The SMILES string of the molecule is O=C(NC1=NCCS1)C1CNNC1c1ccc(Cl)cc1. The molecule has 0 radical (unpaired) electrons. The Balaban J connectivity index is 1.71. The number of nitrogens with zero attached hydrogens (tertiary/aromatic N) is 1. The molecular weight excluding hydrogens is 296 g/mol. The number of aliphatic imine (C=N–C) groups is 1. The zero-order chi connectivity index (χ0) is 13.9. The van der Waals surface area contributed by atoms with Crippen molar-refractivity contribution in [3.05, 3.63) is 34.9 Å². The van der Waals surface area contributed by atoms with Crippen molar-refractivity contribution in [2.24, 2.45) is 10.9 Å². The van der Waals surface area contributed by atoms with Crippen LogP contribution in [0.1, 0.15) is 11.6 Å². The van der Waals surface area contributed by atoms with Crippen molar-refractivity contribution in [1.29, 1.82) is 0 Å². The lowest BCUT2D eigenvalue weighted by Gasteiger charge is -2.18. The number of halogens is 1. The molecule has 20 heavy (non-hydrogen) atoms. The smallest absolute Gasteiger partial charge is 0.232 e. The number of rotatable bonds is 2. The van der Waals surface area contributed by atoms with Crippen molar-refractivity contribution < 1.29 is 4.79 Å². The molecule has 0 aromatic heterocycles. The number of hydrogen-bond acceptors (Lipinski definition) is 5. The van der Waals surface area contributed by atoms with E-state index in [4.69, 9.17) is 11.6 Å². The van der Waals surface area contributed by atoms with E-state index in [-0.39, 0.29) is 17.9 Å². The Bertz CT molecular complexity index is 534. The minimum absolute atomic E-state index is 0.00407. The van der Waals surface area contributed by atoms with Crippen molar-refractivity contribution in [2.45, 2.75) is 6.04 Å². The van der Waals surface area contributed by atoms with Gasteiger partial charge in [0.05, 0.1) is 18.5 Å². The second kappa shape index (κ2) is 6.13. The van der Waals surface area contributed by atoms with Gasteiger partial charge in [-0.15, -0.1) is 0 Å². The van der Waals surface area contributed by atoms with Crippen LogP contribution in [0.3, 0.4) is 0 Å². The van der Waals surface area contributed by atoms with Crippen molar-refractivity contribution in [2.75, 3.05) is 18.8 Å². The molecule has 2 aliphatic rings. The number of amides is 1. The lowest BCUT2D eigenvalue weighted by molar-refractivity contribution is -0.123. The molecule has 3 rings (SSSR count). The molecule has 1 aromatic rings. The number of carbonyl (C=O) groups excluding carboxylic acids is 1. The molecule has 3 N–H and O–H groups in total. The maximum Gasteiger partial charge on any atom is 0.232 e. The first-order valence-electron chi connectivity index (χ1n) is 6.46. The highest BCUT2D eigenvalue weighted by Gasteiger charge is 2.34. The molecule has 0 bridgehead atoms. The van der Waals surface area contributed by atoms with Gasteiger partial charge in [0.25, 0.3) is 0 Å². The normalized spacial score (nSPS) is 25.6. The Morgan fingerprint density at radius 2 is 2.20 bits per heavy atom. The van der Waals surface area contributed by atoms with E-state index in [1.54, 1.807) is 11.8 Å². The first-order valence-corrected chi connectivity index (χ1v) is 7.82. The summed E-state index contributed by atoms with van der Waals surface area (Å²) in [4.78, 5) is 16.6. The molecular formula is C13H15ClN4OS. The summed E-state index contributed by atoms with van der Waals surface area (Å²) in [5, 5.41) is 4.33. The predicted octanol–water partition coefficient (Wildman–Crippen LogP) is 1.32. The van der Waals surface area contributed by atoms with E-state index < -0.39 is 0 Å². The van der Waals surface area contributed by atoms with Gasteiger partial charge in [0.15, 0.2) is 5.17 Å². The second-order valence-electron chi connectivity index (χ2n) is 4.69. The summed E-state index contributed by atoms with van der Waals surface area (Å²) in [5.41, 5.74) is 7.24. The van der Waals surface area contributed by atoms with Crippen LogP contribution in [-0.2, 0) is 4.79 Å². The van der Waals surface area contributed by atoms with Gasteiger partial charge in [-0.3, -0.25) is 15.2 Å². The number of benzene rings is 1. The Labute approximate surface area is 126 Å². The lowest BCUT2D eigenvalue weighted by atomic mass is 9.94. The van der Waals surface area contributed by atoms with Gasteiger partial charge >= 0.3 is 0 Å². The summed E-state index contributed by atoms with van der Waals surface area (Å²) in [6.07, 6.45) is 0. The van der Waals surface area contributed by atoms with Crippen molar-refractivity contribution in [3.63, 3.8) is 0 Å². The zero-order valence-electron chi connectivity index (χ0n) is 10.7. The number of nitrogens with one attached hydrogen (secondary N) is 3. The number of amidine groups is 1. The van der Waals surface area contributed by atoms with Gasteiger partial charge in [-0.25, -0.2) is 5.43 Å². The quantitative estimate of drug-likeness (QED) is 0.771. The minimum Gasteiger partial charge on any atom is -0.305 e. The molecule has 106 valence electrons. The molecule has 1 saturated heterocycles. The van der Waals surface area contributed by atoms with Crippen LogP contribution in [0, 0.1) is 5.92 Å². The summed E-state index contributed by atoms with van der Waals surface area (Å²) >= 11 is 7.49. The minimum atomic E-state index is -0.167. The largest absolute Gasteiger partial charge is 0.305 e. The van der Waals surface area contributed by atoms with Crippen LogP contribution in [0.4, 0.5) is 0 Å². The van der Waals surface area contributed by atoms with Crippen LogP contribution in [0.25, 0.3) is 0 Å². The van der Waals surface area contributed by atoms with E-state index in [2.05, 4.69) is 21.2 Å². The van der Waals surface area contributed by atoms with Crippen LogP contribution >= 0.6 is 23.4 Å². The molecule has 2 aliphatic heterocycles. The first-order chi connectivity index (χ1) is 9.74. The summed E-state index contributed by atoms with van der Waals surface area (Å²) in [7, 11) is 0. The van der Waals surface area contributed by atoms with Gasteiger partial charge in [-0.2, -0.15) is 0 Å². The Kier molecular flexibility index (Phi) is 4.26. The molecule has 0 saturated carbocycles. The molecule has 0 aliphatic carbocycles. The standard InChI is InChI=1S/C13H15ClN4OS/c14-9-3-1-8(2-4-9)11-10(7-16-18-11)12(19)17-13-15-5-6-20-13/h1-4,10-11,16,18H,5-7H2,(H,15,17,19).